The van der Waals surface area contributed by atoms with E-state index in [1.807, 2.05) is 0 Å². The molecule has 0 bridgehead atoms. The quantitative estimate of drug-likeness (QED) is 0.806. The van der Waals surface area contributed by atoms with Crippen molar-refractivity contribution in [3.63, 3.8) is 0 Å². The summed E-state index contributed by atoms with van der Waals surface area (Å²) in [5, 5.41) is 7.01. The molecule has 112 valence electrons. The van der Waals surface area contributed by atoms with Crippen molar-refractivity contribution >= 4 is 11.6 Å². The van der Waals surface area contributed by atoms with Crippen molar-refractivity contribution in [1.29, 1.82) is 0 Å². The molecule has 0 saturated carbocycles. The number of alkyl halides is 3. The second-order valence-electron chi connectivity index (χ2n) is 4.28. The molecule has 0 amide bonds. The zero-order valence-corrected chi connectivity index (χ0v) is 11.0. The number of halogens is 3. The fraction of sp³-hybridized carbons (Fsp3) is 0.0769. The van der Waals surface area contributed by atoms with Crippen LogP contribution in [0.3, 0.4) is 0 Å². The molecule has 3 rings (SSSR count). The Morgan fingerprint density at radius 1 is 1.05 bits per heavy atom. The third-order valence-electron chi connectivity index (χ3n) is 2.72. The predicted octanol–water partition coefficient (Wildman–Crippen LogP) is 2.82. The number of nitrogens with zero attached hydrogens (tertiary/aromatic N) is 5. The molecule has 0 saturated heterocycles. The number of hydrogen-bond donors (Lipinski definition) is 1. The van der Waals surface area contributed by atoms with E-state index < -0.39 is 11.7 Å². The highest BCUT2D eigenvalue weighted by atomic mass is 19.4. The van der Waals surface area contributed by atoms with E-state index in [0.717, 1.165) is 12.3 Å². The molecule has 0 aliphatic carbocycles. The summed E-state index contributed by atoms with van der Waals surface area (Å²) in [4.78, 5) is 11.7. The smallest absolute Gasteiger partial charge is 0.321 e. The summed E-state index contributed by atoms with van der Waals surface area (Å²) in [6.07, 6.45) is 0.918. The van der Waals surface area contributed by atoms with E-state index in [2.05, 4.69) is 25.4 Å². The molecule has 0 aliphatic rings. The number of anilines is 2. The van der Waals surface area contributed by atoms with Crippen molar-refractivity contribution in [2.75, 3.05) is 5.32 Å². The Morgan fingerprint density at radius 3 is 2.55 bits per heavy atom. The number of nitrogens with one attached hydrogen (secondary N) is 1. The number of pyridine rings is 2. The SMILES string of the molecule is FC(F)(F)c1ccc(-n2cnc(Nc3cccnc3)n2)nc1. The van der Waals surface area contributed by atoms with E-state index in [1.165, 1.54) is 17.1 Å². The minimum absolute atomic E-state index is 0.236. The monoisotopic (exact) mass is 306 g/mol. The van der Waals surface area contributed by atoms with Crippen molar-refractivity contribution in [3.05, 3.63) is 54.7 Å². The number of rotatable bonds is 3. The Balaban J connectivity index is 1.79. The summed E-state index contributed by atoms with van der Waals surface area (Å²) in [5.41, 5.74) is -0.120. The van der Waals surface area contributed by atoms with Crippen molar-refractivity contribution in [1.82, 2.24) is 24.7 Å². The lowest BCUT2D eigenvalue weighted by Crippen LogP contribution is -2.07. The Hall–Kier alpha value is -2.97. The number of aromatic nitrogens is 5. The maximum absolute atomic E-state index is 12.5. The topological polar surface area (TPSA) is 68.5 Å². The molecule has 0 unspecified atom stereocenters. The van der Waals surface area contributed by atoms with Gasteiger partial charge in [0.25, 0.3) is 0 Å². The van der Waals surface area contributed by atoms with Crippen LogP contribution in [-0.4, -0.2) is 24.7 Å². The van der Waals surface area contributed by atoms with Crippen molar-refractivity contribution < 1.29 is 13.2 Å². The second kappa shape index (κ2) is 5.43. The number of hydrogen-bond acceptors (Lipinski definition) is 5. The van der Waals surface area contributed by atoms with Crippen LogP contribution in [0.15, 0.2) is 49.2 Å². The van der Waals surface area contributed by atoms with Gasteiger partial charge in [-0.25, -0.2) is 9.67 Å². The van der Waals surface area contributed by atoms with Crippen molar-refractivity contribution in [3.8, 4) is 5.82 Å². The highest BCUT2D eigenvalue weighted by molar-refractivity contribution is 5.50. The highest BCUT2D eigenvalue weighted by Crippen LogP contribution is 2.28. The van der Waals surface area contributed by atoms with Gasteiger partial charge < -0.3 is 5.32 Å². The van der Waals surface area contributed by atoms with Crippen LogP contribution in [0.2, 0.25) is 0 Å². The van der Waals surface area contributed by atoms with Crippen molar-refractivity contribution in [2.45, 2.75) is 6.18 Å². The van der Waals surface area contributed by atoms with Gasteiger partial charge in [-0.15, -0.1) is 5.10 Å². The van der Waals surface area contributed by atoms with Gasteiger partial charge in [-0.1, -0.05) is 0 Å². The first-order chi connectivity index (χ1) is 10.5. The maximum atomic E-state index is 12.5. The summed E-state index contributed by atoms with van der Waals surface area (Å²) in [5.74, 6) is 0.523. The first kappa shape index (κ1) is 14.0. The Labute approximate surface area is 122 Å². The minimum Gasteiger partial charge on any atom is -0.321 e. The van der Waals surface area contributed by atoms with Gasteiger partial charge in [-0.3, -0.25) is 4.98 Å². The van der Waals surface area contributed by atoms with E-state index in [4.69, 9.17) is 0 Å². The average molecular weight is 306 g/mol. The average Bonchev–Trinajstić information content (AvgIpc) is 2.96. The molecule has 0 radical (unpaired) electrons. The first-order valence-corrected chi connectivity index (χ1v) is 6.15. The molecule has 6 nitrogen and oxygen atoms in total. The third-order valence-corrected chi connectivity index (χ3v) is 2.72. The minimum atomic E-state index is -4.42. The lowest BCUT2D eigenvalue weighted by Gasteiger charge is -2.06. The zero-order chi connectivity index (χ0) is 15.6. The van der Waals surface area contributed by atoms with Gasteiger partial charge in [0.2, 0.25) is 5.95 Å². The summed E-state index contributed by atoms with van der Waals surface area (Å²) in [6, 6.07) is 5.70. The van der Waals surface area contributed by atoms with E-state index in [-0.39, 0.29) is 11.8 Å². The van der Waals surface area contributed by atoms with Gasteiger partial charge in [0.1, 0.15) is 6.33 Å². The van der Waals surface area contributed by atoms with Gasteiger partial charge in [0, 0.05) is 12.4 Å². The first-order valence-electron chi connectivity index (χ1n) is 6.15. The summed E-state index contributed by atoms with van der Waals surface area (Å²) in [7, 11) is 0. The van der Waals surface area contributed by atoms with Gasteiger partial charge in [0.15, 0.2) is 5.82 Å². The van der Waals surface area contributed by atoms with Crippen LogP contribution >= 0.6 is 0 Å². The maximum Gasteiger partial charge on any atom is 0.417 e. The lowest BCUT2D eigenvalue weighted by atomic mass is 10.3. The molecule has 3 aromatic heterocycles. The molecular weight excluding hydrogens is 297 g/mol. The van der Waals surface area contributed by atoms with Gasteiger partial charge in [0.05, 0.1) is 17.4 Å². The molecule has 0 spiro atoms. The van der Waals surface area contributed by atoms with Gasteiger partial charge in [-0.2, -0.15) is 18.2 Å². The van der Waals surface area contributed by atoms with Crippen LogP contribution in [-0.2, 0) is 6.18 Å². The van der Waals surface area contributed by atoms with Crippen molar-refractivity contribution in [2.24, 2.45) is 0 Å². The largest absolute Gasteiger partial charge is 0.417 e. The lowest BCUT2D eigenvalue weighted by molar-refractivity contribution is -0.137. The van der Waals surface area contributed by atoms with Crippen LogP contribution in [0.4, 0.5) is 24.8 Å². The summed E-state index contributed by atoms with van der Waals surface area (Å²) in [6.45, 7) is 0. The third kappa shape index (κ3) is 3.03. The molecular formula is C13H9F3N6. The second-order valence-corrected chi connectivity index (χ2v) is 4.28. The summed E-state index contributed by atoms with van der Waals surface area (Å²) >= 11 is 0. The molecule has 0 aromatic carbocycles. The Bertz CT molecular complexity index is 751. The Kier molecular flexibility index (Phi) is 3.45. The molecule has 3 aromatic rings. The van der Waals surface area contributed by atoms with Crippen LogP contribution in [0.5, 0.6) is 0 Å². The highest BCUT2D eigenvalue weighted by Gasteiger charge is 2.30. The van der Waals surface area contributed by atoms with Crippen LogP contribution < -0.4 is 5.32 Å². The normalized spacial score (nSPS) is 11.4. The molecule has 0 atom stereocenters. The molecule has 0 aliphatic heterocycles. The molecule has 1 N–H and O–H groups in total. The van der Waals surface area contributed by atoms with Crippen LogP contribution in [0.25, 0.3) is 5.82 Å². The molecule has 3 heterocycles. The molecule has 9 heteroatoms. The Morgan fingerprint density at radius 2 is 1.91 bits per heavy atom. The van der Waals surface area contributed by atoms with E-state index >= 15 is 0 Å². The predicted molar refractivity (Wildman–Crippen MR) is 71.7 cm³/mol. The summed E-state index contributed by atoms with van der Waals surface area (Å²) < 4.78 is 38.7. The molecule has 22 heavy (non-hydrogen) atoms. The van der Waals surface area contributed by atoms with Crippen LogP contribution in [0, 0.1) is 0 Å². The standard InChI is InChI=1S/C13H9F3N6/c14-13(15,16)9-3-4-11(18-6-9)22-8-19-12(21-22)20-10-2-1-5-17-7-10/h1-8H,(H,20,21). The fourth-order valence-electron chi connectivity index (χ4n) is 1.69. The van der Waals surface area contributed by atoms with E-state index in [1.54, 1.807) is 24.5 Å². The van der Waals surface area contributed by atoms with Crippen LogP contribution in [0.1, 0.15) is 5.56 Å². The van der Waals surface area contributed by atoms with E-state index in [9.17, 15) is 13.2 Å². The van der Waals surface area contributed by atoms with E-state index in [0.29, 0.717) is 5.69 Å². The zero-order valence-electron chi connectivity index (χ0n) is 11.0. The fourth-order valence-corrected chi connectivity index (χ4v) is 1.69. The van der Waals surface area contributed by atoms with Gasteiger partial charge >= 0.3 is 6.18 Å². The van der Waals surface area contributed by atoms with Gasteiger partial charge in [-0.05, 0) is 24.3 Å². The molecule has 0 fully saturated rings.